The van der Waals surface area contributed by atoms with Crippen LogP contribution in [0, 0.1) is 0 Å². The minimum absolute atomic E-state index is 0. The van der Waals surface area contributed by atoms with Crippen LogP contribution in [0.4, 0.5) is 0 Å². The Labute approximate surface area is 157 Å². The van der Waals surface area contributed by atoms with E-state index in [1.165, 1.54) is 5.06 Å². The van der Waals surface area contributed by atoms with Gasteiger partial charge in [0, 0.05) is 57.5 Å². The molecule has 0 aromatic carbocycles. The number of carboxylic acids is 3. The molecular formula is C10H25MnN2NaO7. The van der Waals surface area contributed by atoms with E-state index in [0.29, 0.717) is 19.6 Å². The van der Waals surface area contributed by atoms with E-state index in [1.807, 2.05) is 6.92 Å². The summed E-state index contributed by atoms with van der Waals surface area (Å²) in [6.07, 6.45) is 0. The molecule has 0 fully saturated rings. The van der Waals surface area contributed by atoms with Crippen molar-refractivity contribution in [1.82, 2.24) is 5.06 Å². The number of hydrogen-bond donors (Lipinski definition) is 5. The minimum atomic E-state index is -0.833. The number of aliphatic carboxylic acids is 3. The first-order valence-corrected chi connectivity index (χ1v) is 5.23. The van der Waals surface area contributed by atoms with Crippen molar-refractivity contribution >= 4 is 47.5 Å². The third-order valence-electron chi connectivity index (χ3n) is 0.752. The first kappa shape index (κ1) is 37.2. The van der Waals surface area contributed by atoms with Gasteiger partial charge >= 0.3 is 29.6 Å². The molecule has 1 radical (unpaired) electrons. The summed E-state index contributed by atoms with van der Waals surface area (Å²) < 4.78 is 0. The Morgan fingerprint density at radius 1 is 0.952 bits per heavy atom. The molecule has 0 aliphatic heterocycles. The van der Waals surface area contributed by atoms with Crippen LogP contribution in [0.25, 0.3) is 0 Å². The average Bonchev–Trinajstić information content (AvgIpc) is 2.15. The van der Waals surface area contributed by atoms with Gasteiger partial charge in [0.15, 0.2) is 0 Å². The molecule has 0 aliphatic carbocycles. The van der Waals surface area contributed by atoms with Crippen LogP contribution in [0.5, 0.6) is 0 Å². The number of nitrogens with zero attached hydrogens (tertiary/aromatic N) is 1. The van der Waals surface area contributed by atoms with Gasteiger partial charge in [-0.15, -0.1) is 0 Å². The monoisotopic (exact) mass is 363 g/mol. The normalized spacial score (nSPS) is 7.00. The maximum absolute atomic E-state index is 9.00. The predicted molar refractivity (Wildman–Crippen MR) is 75.2 cm³/mol. The van der Waals surface area contributed by atoms with Crippen LogP contribution < -0.4 is 5.73 Å². The van der Waals surface area contributed by atoms with E-state index in [0.717, 1.165) is 20.8 Å². The molecule has 0 atom stereocenters. The van der Waals surface area contributed by atoms with Gasteiger partial charge in [0.05, 0.1) is 0 Å². The fraction of sp³-hybridized carbons (Fsp3) is 0.700. The second-order valence-corrected chi connectivity index (χ2v) is 2.89. The molecule has 0 spiro atoms. The van der Waals surface area contributed by atoms with Crippen molar-refractivity contribution in [1.29, 1.82) is 0 Å². The second-order valence-electron chi connectivity index (χ2n) is 2.89. The number of likely N-dealkylation sites (N-methyl/N-ethyl adjacent to an activating group) is 1. The van der Waals surface area contributed by atoms with Crippen molar-refractivity contribution in [2.75, 3.05) is 19.6 Å². The van der Waals surface area contributed by atoms with Crippen LogP contribution in [0.2, 0.25) is 0 Å². The summed E-state index contributed by atoms with van der Waals surface area (Å²) in [5.41, 5.74) is 5.10. The summed E-state index contributed by atoms with van der Waals surface area (Å²) in [6.45, 7) is 6.85. The third kappa shape index (κ3) is 272. The van der Waals surface area contributed by atoms with Gasteiger partial charge < -0.3 is 26.3 Å². The van der Waals surface area contributed by atoms with E-state index in [2.05, 4.69) is 0 Å². The van der Waals surface area contributed by atoms with Crippen molar-refractivity contribution in [3.8, 4) is 0 Å². The number of rotatable bonds is 3. The van der Waals surface area contributed by atoms with Gasteiger partial charge in [-0.3, -0.25) is 14.4 Å². The Morgan fingerprint density at radius 3 is 1.19 bits per heavy atom. The molecule has 0 amide bonds. The molecule has 0 rings (SSSR count). The molecular weight excluding hydrogens is 338 g/mol. The van der Waals surface area contributed by atoms with Crippen LogP contribution in [-0.4, -0.2) is 92.7 Å². The molecule has 0 saturated heterocycles. The van der Waals surface area contributed by atoms with Crippen LogP contribution in [0.15, 0.2) is 0 Å². The molecule has 11 heteroatoms. The van der Waals surface area contributed by atoms with Crippen molar-refractivity contribution in [2.24, 2.45) is 5.73 Å². The Balaban J connectivity index is -0.0000000359. The first-order valence-electron chi connectivity index (χ1n) is 5.23. The van der Waals surface area contributed by atoms with E-state index >= 15 is 0 Å². The molecule has 0 bridgehead atoms. The number of nitrogens with two attached hydrogens (primary N) is 1. The molecule has 0 aromatic rings. The summed E-state index contributed by atoms with van der Waals surface area (Å²) in [6, 6.07) is 0. The van der Waals surface area contributed by atoms with Crippen LogP contribution in [0.1, 0.15) is 27.7 Å². The fourth-order valence-electron chi connectivity index (χ4n) is 0.307. The number of hydrogen-bond acceptors (Lipinski definition) is 6. The molecule has 0 aliphatic rings. The number of hydroxylamine groups is 2. The van der Waals surface area contributed by atoms with Gasteiger partial charge in [-0.2, -0.15) is 5.06 Å². The molecule has 0 heterocycles. The molecule has 0 saturated carbocycles. The number of carbonyl (C=O) groups is 3. The van der Waals surface area contributed by atoms with Gasteiger partial charge in [-0.05, 0) is 0 Å². The van der Waals surface area contributed by atoms with E-state index in [-0.39, 0.29) is 46.6 Å². The quantitative estimate of drug-likeness (QED) is 0.322. The zero-order chi connectivity index (χ0) is 16.4. The zero-order valence-corrected chi connectivity index (χ0v) is 13.2. The van der Waals surface area contributed by atoms with E-state index in [1.54, 1.807) is 0 Å². The predicted octanol–water partition coefficient (Wildman–Crippen LogP) is -0.722. The van der Waals surface area contributed by atoms with E-state index < -0.39 is 17.9 Å². The van der Waals surface area contributed by atoms with Crippen molar-refractivity contribution in [3.63, 3.8) is 0 Å². The molecule has 0 aromatic heterocycles. The summed E-state index contributed by atoms with van der Waals surface area (Å²) in [4.78, 5) is 27.0. The first-order chi connectivity index (χ1) is 8.50. The van der Waals surface area contributed by atoms with Gasteiger partial charge in [-0.25, -0.2) is 0 Å². The van der Waals surface area contributed by atoms with E-state index in [9.17, 15) is 0 Å². The molecule has 9 nitrogen and oxygen atoms in total. The molecule has 21 heavy (non-hydrogen) atoms. The summed E-state index contributed by atoms with van der Waals surface area (Å²) in [7, 11) is 0. The maximum atomic E-state index is 9.00. The van der Waals surface area contributed by atoms with Crippen molar-refractivity contribution < 1.29 is 52.0 Å². The fourth-order valence-corrected chi connectivity index (χ4v) is 0.307. The van der Waals surface area contributed by atoms with Gasteiger partial charge in [0.25, 0.3) is 17.9 Å². The summed E-state index contributed by atoms with van der Waals surface area (Å²) >= 11 is 0. The van der Waals surface area contributed by atoms with Crippen molar-refractivity contribution in [3.05, 3.63) is 0 Å². The van der Waals surface area contributed by atoms with Crippen molar-refractivity contribution in [2.45, 2.75) is 27.7 Å². The number of carboxylic acid groups (broad SMARTS) is 3. The van der Waals surface area contributed by atoms with Crippen LogP contribution in [-0.2, 0) is 31.5 Å². The Morgan fingerprint density at radius 2 is 1.14 bits per heavy atom. The second kappa shape index (κ2) is 32.0. The van der Waals surface area contributed by atoms with E-state index in [4.69, 9.17) is 40.6 Å². The molecule has 0 unspecified atom stereocenters. The SMILES string of the molecule is CC(=O)O.CC(=O)O.CC(=O)O.CCN(O)CCN.[Mn].[NaH]. The third-order valence-corrected chi connectivity index (χ3v) is 0.752. The average molecular weight is 363 g/mol. The van der Waals surface area contributed by atoms with Crippen LogP contribution >= 0.6 is 0 Å². The Kier molecular flexibility index (Phi) is 56.7. The summed E-state index contributed by atoms with van der Waals surface area (Å²) in [5, 5.41) is 32.0. The Bertz CT molecular complexity index is 205. The van der Waals surface area contributed by atoms with Gasteiger partial charge in [-0.1, -0.05) is 6.92 Å². The van der Waals surface area contributed by atoms with Gasteiger partial charge in [0.2, 0.25) is 0 Å². The zero-order valence-electron chi connectivity index (χ0n) is 12.0. The summed E-state index contributed by atoms with van der Waals surface area (Å²) in [5.74, 6) is -2.50. The van der Waals surface area contributed by atoms with Gasteiger partial charge in [0.1, 0.15) is 0 Å². The van der Waals surface area contributed by atoms with Crippen LogP contribution in [0.3, 0.4) is 0 Å². The Hall–Kier alpha value is -0.191. The topological polar surface area (TPSA) is 161 Å². The molecule has 125 valence electrons. The standard InChI is InChI=1S/C4H12N2O.3C2H4O2.Mn.Na.H/c1-2-6(7)4-3-5;3*1-2(3)4;;;/h7H,2-5H2,1H3;3*1H3,(H,3,4);;;. The molecule has 6 N–H and O–H groups in total.